The molecule has 166 valence electrons. The molecule has 36 heavy (non-hydrogen) atoms. The van der Waals surface area contributed by atoms with Crippen molar-refractivity contribution in [2.24, 2.45) is 0 Å². The molecule has 1 nitrogen and oxygen atoms in total. The molecule has 0 radical (unpaired) electrons. The van der Waals surface area contributed by atoms with Crippen LogP contribution in [0.5, 0.6) is 0 Å². The first-order valence-corrected chi connectivity index (χ1v) is 13.2. The molecular weight excluding hydrogens is 454 g/mol. The van der Waals surface area contributed by atoms with Crippen LogP contribution in [0.25, 0.3) is 80.7 Å². The highest BCUT2D eigenvalue weighted by Gasteiger charge is 2.26. The van der Waals surface area contributed by atoms with Crippen LogP contribution in [-0.2, 0) is 0 Å². The van der Waals surface area contributed by atoms with E-state index < -0.39 is 0 Å². The zero-order valence-corrected chi connectivity index (χ0v) is 20.1. The fourth-order valence-electron chi connectivity index (χ4n) is 6.47. The van der Waals surface area contributed by atoms with Crippen molar-refractivity contribution in [3.63, 3.8) is 0 Å². The standard InChI is InChI=1S/C34H19NS/c1-3-13-28-25(10-1)34-29(17-16-24-23-11-5-7-20-8-6-12-26(32(20)23)33(24)34)35(28)21-15-18-31-27(19-21)22-9-2-4-14-30(22)36-31/h1-19H. The Hall–Kier alpha value is -4.40. The highest BCUT2D eigenvalue weighted by molar-refractivity contribution is 7.25. The van der Waals surface area contributed by atoms with Crippen LogP contribution >= 0.6 is 11.3 Å². The third-order valence-electron chi connectivity index (χ3n) is 7.92. The van der Waals surface area contributed by atoms with Crippen LogP contribution in [0.1, 0.15) is 0 Å². The maximum atomic E-state index is 2.46. The lowest BCUT2D eigenvalue weighted by Gasteiger charge is -2.10. The Morgan fingerprint density at radius 1 is 0.472 bits per heavy atom. The molecule has 0 fully saturated rings. The predicted molar refractivity (Wildman–Crippen MR) is 156 cm³/mol. The van der Waals surface area contributed by atoms with Crippen LogP contribution in [0.4, 0.5) is 0 Å². The van der Waals surface area contributed by atoms with Gasteiger partial charge in [0.15, 0.2) is 0 Å². The SMILES string of the molecule is c1cc2c3c(cccc3c1)-c1c-2ccc2c1c1ccccc1n2-c1ccc2sc3ccccc3c2c1. The number of fused-ring (bicyclic) bond motifs is 10. The molecule has 0 saturated heterocycles. The van der Waals surface area contributed by atoms with Gasteiger partial charge < -0.3 is 4.57 Å². The summed E-state index contributed by atoms with van der Waals surface area (Å²) in [6.07, 6.45) is 0. The number of thiophene rings is 1. The van der Waals surface area contributed by atoms with Gasteiger partial charge in [-0.2, -0.15) is 0 Å². The molecule has 0 N–H and O–H groups in total. The van der Waals surface area contributed by atoms with Crippen molar-refractivity contribution in [1.82, 2.24) is 4.57 Å². The van der Waals surface area contributed by atoms with Crippen LogP contribution in [-0.4, -0.2) is 4.57 Å². The average molecular weight is 474 g/mol. The number of nitrogens with zero attached hydrogens (tertiary/aromatic N) is 1. The van der Waals surface area contributed by atoms with E-state index in [1.54, 1.807) is 0 Å². The molecule has 0 spiro atoms. The van der Waals surface area contributed by atoms with Crippen molar-refractivity contribution in [3.05, 3.63) is 115 Å². The Labute approximate surface area is 211 Å². The molecule has 2 aromatic heterocycles. The van der Waals surface area contributed by atoms with Crippen molar-refractivity contribution >= 4 is 64.1 Å². The van der Waals surface area contributed by atoms with E-state index in [1.165, 1.54) is 80.7 Å². The van der Waals surface area contributed by atoms with Crippen molar-refractivity contribution < 1.29 is 0 Å². The smallest absolute Gasteiger partial charge is 0.0547 e. The highest BCUT2D eigenvalue weighted by atomic mass is 32.1. The van der Waals surface area contributed by atoms with Gasteiger partial charge in [-0.1, -0.05) is 78.9 Å². The first-order chi connectivity index (χ1) is 17.9. The van der Waals surface area contributed by atoms with Gasteiger partial charge in [0, 0.05) is 42.2 Å². The lowest BCUT2D eigenvalue weighted by Crippen LogP contribution is -1.93. The summed E-state index contributed by atoms with van der Waals surface area (Å²) in [5.41, 5.74) is 9.15. The Morgan fingerprint density at radius 2 is 1.25 bits per heavy atom. The number of hydrogen-bond acceptors (Lipinski definition) is 1. The first-order valence-electron chi connectivity index (χ1n) is 12.4. The maximum Gasteiger partial charge on any atom is 0.0547 e. The van der Waals surface area contributed by atoms with E-state index >= 15 is 0 Å². The molecule has 0 atom stereocenters. The second-order valence-corrected chi connectivity index (χ2v) is 10.8. The molecular formula is C34H19NS. The van der Waals surface area contributed by atoms with Crippen molar-refractivity contribution in [3.8, 4) is 27.9 Å². The van der Waals surface area contributed by atoms with Crippen molar-refractivity contribution in [2.45, 2.75) is 0 Å². The Morgan fingerprint density at radius 3 is 2.17 bits per heavy atom. The number of benzene rings is 6. The summed E-state index contributed by atoms with van der Waals surface area (Å²) in [4.78, 5) is 0. The van der Waals surface area contributed by atoms with E-state index in [1.807, 2.05) is 11.3 Å². The maximum absolute atomic E-state index is 2.46. The molecule has 0 aliphatic heterocycles. The fourth-order valence-corrected chi connectivity index (χ4v) is 7.56. The van der Waals surface area contributed by atoms with E-state index in [-0.39, 0.29) is 0 Å². The minimum Gasteiger partial charge on any atom is -0.309 e. The Bertz CT molecular complexity index is 2200. The normalized spacial score (nSPS) is 12.4. The van der Waals surface area contributed by atoms with Crippen molar-refractivity contribution in [1.29, 1.82) is 0 Å². The zero-order chi connectivity index (χ0) is 23.4. The van der Waals surface area contributed by atoms with E-state index in [0.717, 1.165) is 0 Å². The number of aromatic nitrogens is 1. The van der Waals surface area contributed by atoms with Crippen LogP contribution in [0.3, 0.4) is 0 Å². The molecule has 0 bridgehead atoms. The average Bonchev–Trinajstić information content (AvgIpc) is 3.57. The summed E-state index contributed by atoms with van der Waals surface area (Å²) < 4.78 is 5.14. The van der Waals surface area contributed by atoms with Crippen molar-refractivity contribution in [2.75, 3.05) is 0 Å². The van der Waals surface area contributed by atoms with Gasteiger partial charge in [-0.15, -0.1) is 11.3 Å². The Kier molecular flexibility index (Phi) is 3.47. The van der Waals surface area contributed by atoms with Gasteiger partial charge in [-0.25, -0.2) is 0 Å². The Balaban J connectivity index is 1.43. The summed E-state index contributed by atoms with van der Waals surface area (Å²) in [5.74, 6) is 0. The monoisotopic (exact) mass is 473 g/mol. The summed E-state index contributed by atoms with van der Waals surface area (Å²) in [6.45, 7) is 0. The van der Waals surface area contributed by atoms with E-state index in [4.69, 9.17) is 0 Å². The predicted octanol–water partition coefficient (Wildman–Crippen LogP) is 9.95. The molecule has 0 saturated carbocycles. The van der Waals surface area contributed by atoms with E-state index in [9.17, 15) is 0 Å². The van der Waals surface area contributed by atoms with Gasteiger partial charge in [0.05, 0.1) is 11.0 Å². The van der Waals surface area contributed by atoms with Crippen LogP contribution in [0.15, 0.2) is 115 Å². The summed E-state index contributed by atoms with van der Waals surface area (Å²) in [5, 5.41) is 8.02. The molecule has 1 aliphatic rings. The van der Waals surface area contributed by atoms with Gasteiger partial charge in [-0.05, 0) is 63.9 Å². The van der Waals surface area contributed by atoms with E-state index in [0.29, 0.717) is 0 Å². The molecule has 9 rings (SSSR count). The molecule has 0 amide bonds. The topological polar surface area (TPSA) is 4.93 Å². The first kappa shape index (κ1) is 18.9. The highest BCUT2D eigenvalue weighted by Crippen LogP contribution is 2.52. The summed E-state index contributed by atoms with van der Waals surface area (Å²) >= 11 is 1.87. The van der Waals surface area contributed by atoms with Gasteiger partial charge >= 0.3 is 0 Å². The minimum absolute atomic E-state index is 1.21. The van der Waals surface area contributed by atoms with Gasteiger partial charge in [0.1, 0.15) is 0 Å². The zero-order valence-electron chi connectivity index (χ0n) is 19.3. The third-order valence-corrected chi connectivity index (χ3v) is 9.07. The van der Waals surface area contributed by atoms with Gasteiger partial charge in [-0.3, -0.25) is 0 Å². The molecule has 8 aromatic rings. The van der Waals surface area contributed by atoms with Crippen LogP contribution in [0.2, 0.25) is 0 Å². The van der Waals surface area contributed by atoms with Crippen LogP contribution < -0.4 is 0 Å². The molecule has 1 aliphatic carbocycles. The molecule has 0 unspecified atom stereocenters. The van der Waals surface area contributed by atoms with E-state index in [2.05, 4.69) is 120 Å². The summed E-state index contributed by atoms with van der Waals surface area (Å²) in [6, 6.07) is 42.7. The molecule has 6 aromatic carbocycles. The summed E-state index contributed by atoms with van der Waals surface area (Å²) in [7, 11) is 0. The lowest BCUT2D eigenvalue weighted by atomic mass is 9.98. The van der Waals surface area contributed by atoms with Gasteiger partial charge in [0.25, 0.3) is 0 Å². The van der Waals surface area contributed by atoms with Gasteiger partial charge in [0.2, 0.25) is 0 Å². The third kappa shape index (κ3) is 2.26. The molecule has 2 heterocycles. The lowest BCUT2D eigenvalue weighted by molar-refractivity contribution is 1.19. The number of para-hydroxylation sites is 1. The quantitative estimate of drug-likeness (QED) is 0.223. The second kappa shape index (κ2) is 6.63. The second-order valence-electron chi connectivity index (χ2n) is 9.72. The van der Waals surface area contributed by atoms with Crippen LogP contribution in [0, 0.1) is 0 Å². The minimum atomic E-state index is 1.21. The number of hydrogen-bond donors (Lipinski definition) is 0. The largest absolute Gasteiger partial charge is 0.309 e. The fraction of sp³-hybridized carbons (Fsp3) is 0. The number of rotatable bonds is 1. The molecule has 2 heteroatoms.